The molecule has 3 heterocycles. The third-order valence-electron chi connectivity index (χ3n) is 11.3. The standard InChI is InChI=1S/C49H29NO3/c1-5-15-39-33(11-1)34-12-2-6-16-40(34)49(39)41-17-7-10-20-46(41)53-48-29-32(22-25-42(48)49)50(30-23-26-45-38(27-30)36-14-4-9-19-44(36)51-45)31-21-24-37-35-13-3-8-18-43(35)52-47(37)28-31/h1-29H. The van der Waals surface area contributed by atoms with E-state index in [-0.39, 0.29) is 0 Å². The summed E-state index contributed by atoms with van der Waals surface area (Å²) in [5, 5.41) is 4.35. The fourth-order valence-corrected chi connectivity index (χ4v) is 9.14. The van der Waals surface area contributed by atoms with E-state index >= 15 is 0 Å². The normalized spacial score (nSPS) is 13.6. The zero-order chi connectivity index (χ0) is 34.7. The molecule has 4 nitrogen and oxygen atoms in total. The van der Waals surface area contributed by atoms with Gasteiger partial charge in [-0.2, -0.15) is 0 Å². The van der Waals surface area contributed by atoms with Crippen LogP contribution in [0.15, 0.2) is 185 Å². The lowest BCUT2D eigenvalue weighted by Crippen LogP contribution is -2.32. The Morgan fingerprint density at radius 1 is 0.340 bits per heavy atom. The number of para-hydroxylation sites is 3. The second-order valence-corrected chi connectivity index (χ2v) is 14.0. The molecule has 1 aliphatic carbocycles. The molecule has 8 aromatic carbocycles. The van der Waals surface area contributed by atoms with E-state index in [0.29, 0.717) is 0 Å². The van der Waals surface area contributed by atoms with Gasteiger partial charge in [-0.3, -0.25) is 0 Å². The van der Waals surface area contributed by atoms with Crippen LogP contribution < -0.4 is 9.64 Å². The molecule has 4 heteroatoms. The Morgan fingerprint density at radius 3 is 1.62 bits per heavy atom. The molecular formula is C49H29NO3. The molecule has 1 spiro atoms. The number of rotatable bonds is 3. The van der Waals surface area contributed by atoms with Crippen LogP contribution in [0.4, 0.5) is 17.1 Å². The van der Waals surface area contributed by atoms with Crippen LogP contribution in [0.3, 0.4) is 0 Å². The van der Waals surface area contributed by atoms with Gasteiger partial charge in [-0.1, -0.05) is 109 Å². The van der Waals surface area contributed by atoms with Crippen molar-refractivity contribution in [2.24, 2.45) is 0 Å². The van der Waals surface area contributed by atoms with Gasteiger partial charge in [0.1, 0.15) is 33.8 Å². The molecule has 0 N–H and O–H groups in total. The largest absolute Gasteiger partial charge is 0.457 e. The third kappa shape index (κ3) is 3.84. The second kappa shape index (κ2) is 10.5. The number of hydrogen-bond donors (Lipinski definition) is 0. The summed E-state index contributed by atoms with van der Waals surface area (Å²) >= 11 is 0. The predicted octanol–water partition coefficient (Wildman–Crippen LogP) is 13.4. The molecule has 0 saturated heterocycles. The van der Waals surface area contributed by atoms with Crippen molar-refractivity contribution in [1.82, 2.24) is 0 Å². The maximum absolute atomic E-state index is 6.92. The van der Waals surface area contributed by atoms with Crippen LogP contribution in [0.1, 0.15) is 22.3 Å². The Bertz CT molecular complexity index is 3080. The smallest absolute Gasteiger partial charge is 0.137 e. The van der Waals surface area contributed by atoms with Crippen LogP contribution in [-0.2, 0) is 5.41 Å². The quantitative estimate of drug-likeness (QED) is 0.186. The lowest BCUT2D eigenvalue weighted by atomic mass is 9.66. The van der Waals surface area contributed by atoms with Gasteiger partial charge in [-0.15, -0.1) is 0 Å². The molecule has 0 unspecified atom stereocenters. The van der Waals surface area contributed by atoms with E-state index in [9.17, 15) is 0 Å². The predicted molar refractivity (Wildman–Crippen MR) is 213 cm³/mol. The van der Waals surface area contributed by atoms with Gasteiger partial charge in [-0.25, -0.2) is 0 Å². The summed E-state index contributed by atoms with van der Waals surface area (Å²) in [6.45, 7) is 0. The molecule has 2 aliphatic rings. The van der Waals surface area contributed by atoms with E-state index in [1.54, 1.807) is 0 Å². The molecule has 2 aromatic heterocycles. The number of furan rings is 2. The van der Waals surface area contributed by atoms with Crippen LogP contribution in [0.5, 0.6) is 11.5 Å². The van der Waals surface area contributed by atoms with Crippen molar-refractivity contribution < 1.29 is 13.6 Å². The second-order valence-electron chi connectivity index (χ2n) is 14.0. The van der Waals surface area contributed by atoms with Crippen LogP contribution in [0.25, 0.3) is 55.0 Å². The minimum Gasteiger partial charge on any atom is -0.457 e. The van der Waals surface area contributed by atoms with Gasteiger partial charge in [-0.05, 0) is 76.9 Å². The highest BCUT2D eigenvalue weighted by molar-refractivity contribution is 6.08. The third-order valence-corrected chi connectivity index (χ3v) is 11.3. The first-order valence-corrected chi connectivity index (χ1v) is 18.0. The number of nitrogens with zero attached hydrogens (tertiary/aromatic N) is 1. The van der Waals surface area contributed by atoms with Crippen LogP contribution in [0, 0.1) is 0 Å². The highest BCUT2D eigenvalue weighted by atomic mass is 16.5. The van der Waals surface area contributed by atoms with Crippen LogP contribution in [-0.4, -0.2) is 0 Å². The molecule has 12 rings (SSSR count). The average Bonchev–Trinajstić information content (AvgIpc) is 3.86. The fourth-order valence-electron chi connectivity index (χ4n) is 9.14. The highest BCUT2D eigenvalue weighted by Gasteiger charge is 2.51. The number of hydrogen-bond acceptors (Lipinski definition) is 4. The van der Waals surface area contributed by atoms with E-state index in [2.05, 4.69) is 157 Å². The molecule has 0 saturated carbocycles. The maximum Gasteiger partial charge on any atom is 0.137 e. The zero-order valence-corrected chi connectivity index (χ0v) is 28.4. The Hall–Kier alpha value is -7.04. The summed E-state index contributed by atoms with van der Waals surface area (Å²) in [6, 6.07) is 62.3. The summed E-state index contributed by atoms with van der Waals surface area (Å²) < 4.78 is 19.6. The molecule has 0 radical (unpaired) electrons. The van der Waals surface area contributed by atoms with Crippen LogP contribution in [0.2, 0.25) is 0 Å². The SMILES string of the molecule is c1ccc2c(c1)Oc1cc(N(c3ccc4c(c3)oc3ccccc34)c3ccc4oc5ccccc5c4c3)ccc1C21c2ccccc2-c2ccccc21. The van der Waals surface area contributed by atoms with Gasteiger partial charge in [0, 0.05) is 61.9 Å². The van der Waals surface area contributed by atoms with Crippen molar-refractivity contribution >= 4 is 60.9 Å². The average molecular weight is 680 g/mol. The summed E-state index contributed by atoms with van der Waals surface area (Å²) in [5.74, 6) is 1.70. The van der Waals surface area contributed by atoms with Gasteiger partial charge in [0.25, 0.3) is 0 Å². The topological polar surface area (TPSA) is 38.8 Å². The Kier molecular flexibility index (Phi) is 5.67. The van der Waals surface area contributed by atoms with Crippen molar-refractivity contribution in [2.45, 2.75) is 5.41 Å². The molecule has 0 fully saturated rings. The van der Waals surface area contributed by atoms with Gasteiger partial charge < -0.3 is 18.5 Å². The first-order chi connectivity index (χ1) is 26.3. The van der Waals surface area contributed by atoms with Gasteiger partial charge in [0.05, 0.1) is 5.41 Å². The monoisotopic (exact) mass is 679 g/mol. The summed E-state index contributed by atoms with van der Waals surface area (Å²) in [7, 11) is 0. The molecule has 10 aromatic rings. The van der Waals surface area contributed by atoms with E-state index in [4.69, 9.17) is 13.6 Å². The fraction of sp³-hybridized carbons (Fsp3) is 0.0204. The Balaban J connectivity index is 1.11. The van der Waals surface area contributed by atoms with Crippen molar-refractivity contribution in [3.63, 3.8) is 0 Å². The lowest BCUT2D eigenvalue weighted by Gasteiger charge is -2.40. The van der Waals surface area contributed by atoms with Crippen molar-refractivity contribution in [3.8, 4) is 22.6 Å². The van der Waals surface area contributed by atoms with E-state index < -0.39 is 5.41 Å². The first kappa shape index (κ1) is 28.6. The van der Waals surface area contributed by atoms with E-state index in [0.717, 1.165) is 83.6 Å². The van der Waals surface area contributed by atoms with Crippen molar-refractivity contribution in [1.29, 1.82) is 0 Å². The number of ether oxygens (including phenoxy) is 1. The first-order valence-electron chi connectivity index (χ1n) is 18.0. The molecule has 0 atom stereocenters. The maximum atomic E-state index is 6.92. The number of benzene rings is 8. The van der Waals surface area contributed by atoms with E-state index in [1.807, 2.05) is 24.3 Å². The minimum atomic E-state index is -0.525. The van der Waals surface area contributed by atoms with Gasteiger partial charge >= 0.3 is 0 Å². The minimum absolute atomic E-state index is 0.525. The Labute approximate surface area is 304 Å². The van der Waals surface area contributed by atoms with Crippen molar-refractivity contribution in [2.75, 3.05) is 4.90 Å². The number of fused-ring (bicyclic) bond motifs is 15. The van der Waals surface area contributed by atoms with E-state index in [1.165, 1.54) is 22.3 Å². The van der Waals surface area contributed by atoms with Gasteiger partial charge in [0.2, 0.25) is 0 Å². The summed E-state index contributed by atoms with van der Waals surface area (Å²) in [5.41, 5.74) is 13.2. The zero-order valence-electron chi connectivity index (χ0n) is 28.4. The van der Waals surface area contributed by atoms with Crippen LogP contribution >= 0.6 is 0 Å². The summed E-state index contributed by atoms with van der Waals surface area (Å²) in [4.78, 5) is 2.29. The lowest BCUT2D eigenvalue weighted by molar-refractivity contribution is 0.436. The molecule has 53 heavy (non-hydrogen) atoms. The van der Waals surface area contributed by atoms with Crippen molar-refractivity contribution in [3.05, 3.63) is 198 Å². The molecular weight excluding hydrogens is 651 g/mol. The number of anilines is 3. The molecule has 248 valence electrons. The Morgan fingerprint density at radius 2 is 0.849 bits per heavy atom. The van der Waals surface area contributed by atoms with Gasteiger partial charge in [0.15, 0.2) is 0 Å². The molecule has 0 amide bonds. The summed E-state index contributed by atoms with van der Waals surface area (Å²) in [6.07, 6.45) is 0. The highest BCUT2D eigenvalue weighted by Crippen LogP contribution is 2.62. The molecule has 0 bridgehead atoms. The molecule has 1 aliphatic heterocycles.